The zero-order valence-corrected chi connectivity index (χ0v) is 15.4. The van der Waals surface area contributed by atoms with Gasteiger partial charge < -0.3 is 23.4 Å². The molecule has 0 fully saturated rings. The lowest BCUT2D eigenvalue weighted by molar-refractivity contribution is 0.314. The van der Waals surface area contributed by atoms with E-state index in [0.717, 1.165) is 4.47 Å². The molecule has 8 heteroatoms. The van der Waals surface area contributed by atoms with Crippen LogP contribution in [0.1, 0.15) is 0 Å². The van der Waals surface area contributed by atoms with Gasteiger partial charge in [0.25, 0.3) is 5.95 Å². The largest absolute Gasteiger partial charge is 0.493 e. The lowest BCUT2D eigenvalue weighted by Gasteiger charge is -2.13. The molecule has 0 amide bonds. The van der Waals surface area contributed by atoms with Crippen LogP contribution < -0.4 is 18.9 Å². The minimum atomic E-state index is 0.301. The van der Waals surface area contributed by atoms with E-state index in [-0.39, 0.29) is 0 Å². The maximum atomic E-state index is 5.76. The van der Waals surface area contributed by atoms with Gasteiger partial charge in [-0.3, -0.25) is 0 Å². The number of nitrogens with zero attached hydrogens (tertiary/aromatic N) is 2. The standard InChI is InChI=1S/C17H15BrN2O5/c1-21-13-6-10(7-14(22-2)17(13)23-3)24-15-5-4-12(25-15)16-11(18)8-19-9-20-16/h4-9H,1-3H3. The van der Waals surface area contributed by atoms with Gasteiger partial charge in [0.1, 0.15) is 17.8 Å². The van der Waals surface area contributed by atoms with Gasteiger partial charge in [0.15, 0.2) is 17.3 Å². The summed E-state index contributed by atoms with van der Waals surface area (Å²) in [6.07, 6.45) is 3.09. The smallest absolute Gasteiger partial charge is 0.290 e. The third kappa shape index (κ3) is 3.53. The fourth-order valence-corrected chi connectivity index (χ4v) is 2.64. The molecule has 25 heavy (non-hydrogen) atoms. The molecule has 1 aromatic carbocycles. The molecule has 0 saturated heterocycles. The lowest BCUT2D eigenvalue weighted by atomic mass is 10.2. The summed E-state index contributed by atoms with van der Waals surface area (Å²) in [5, 5.41) is 0. The molecular weight excluding hydrogens is 392 g/mol. The van der Waals surface area contributed by atoms with Gasteiger partial charge in [-0.15, -0.1) is 0 Å². The number of hydrogen-bond acceptors (Lipinski definition) is 7. The Bertz CT molecular complexity index is 856. The predicted octanol–water partition coefficient (Wildman–Crippen LogP) is 4.32. The molecule has 3 aromatic rings. The van der Waals surface area contributed by atoms with Crippen LogP contribution in [0.5, 0.6) is 28.9 Å². The van der Waals surface area contributed by atoms with Crippen molar-refractivity contribution in [2.24, 2.45) is 0 Å². The van der Waals surface area contributed by atoms with E-state index in [1.165, 1.54) is 6.33 Å². The molecule has 7 nitrogen and oxygen atoms in total. The van der Waals surface area contributed by atoms with Crippen molar-refractivity contribution in [3.63, 3.8) is 0 Å². The molecule has 0 radical (unpaired) electrons. The molecule has 0 bridgehead atoms. The van der Waals surface area contributed by atoms with Crippen LogP contribution in [0.25, 0.3) is 11.5 Å². The molecule has 0 atom stereocenters. The van der Waals surface area contributed by atoms with Crippen molar-refractivity contribution in [1.82, 2.24) is 9.97 Å². The summed E-state index contributed by atoms with van der Waals surface area (Å²) in [7, 11) is 4.62. The fraction of sp³-hybridized carbons (Fsp3) is 0.176. The topological polar surface area (TPSA) is 75.8 Å². The second-order valence-corrected chi connectivity index (χ2v) is 5.66. The first-order valence-electron chi connectivity index (χ1n) is 7.19. The third-order valence-electron chi connectivity index (χ3n) is 3.34. The minimum Gasteiger partial charge on any atom is -0.493 e. The number of hydrogen-bond donors (Lipinski definition) is 0. The lowest BCUT2D eigenvalue weighted by Crippen LogP contribution is -1.95. The van der Waals surface area contributed by atoms with Crippen LogP contribution in [0, 0.1) is 0 Å². The predicted molar refractivity (Wildman–Crippen MR) is 93.6 cm³/mol. The number of rotatable bonds is 6. The summed E-state index contributed by atoms with van der Waals surface area (Å²) >= 11 is 3.39. The van der Waals surface area contributed by atoms with Gasteiger partial charge >= 0.3 is 0 Å². The van der Waals surface area contributed by atoms with Crippen LogP contribution >= 0.6 is 15.9 Å². The zero-order chi connectivity index (χ0) is 17.8. The van der Waals surface area contributed by atoms with Gasteiger partial charge in [0, 0.05) is 24.4 Å². The molecule has 0 aliphatic heterocycles. The van der Waals surface area contributed by atoms with Crippen LogP contribution in [-0.2, 0) is 0 Å². The summed E-state index contributed by atoms with van der Waals surface area (Å²) in [5.41, 5.74) is 0.634. The molecule has 130 valence electrons. The van der Waals surface area contributed by atoms with Crippen molar-refractivity contribution in [3.05, 3.63) is 41.3 Å². The van der Waals surface area contributed by atoms with Crippen LogP contribution in [0.4, 0.5) is 0 Å². The molecule has 0 unspecified atom stereocenters. The maximum absolute atomic E-state index is 5.76. The number of benzene rings is 1. The normalized spacial score (nSPS) is 10.4. The van der Waals surface area contributed by atoms with Gasteiger partial charge in [0.2, 0.25) is 5.75 Å². The molecule has 0 aliphatic carbocycles. The van der Waals surface area contributed by atoms with Crippen LogP contribution in [0.2, 0.25) is 0 Å². The molecule has 0 aliphatic rings. The van der Waals surface area contributed by atoms with Gasteiger partial charge in [0.05, 0.1) is 25.8 Å². The van der Waals surface area contributed by atoms with Crippen molar-refractivity contribution < 1.29 is 23.4 Å². The average Bonchev–Trinajstić information content (AvgIpc) is 3.09. The summed E-state index contributed by atoms with van der Waals surface area (Å²) in [4.78, 5) is 8.11. The van der Waals surface area contributed by atoms with E-state index in [4.69, 9.17) is 23.4 Å². The Hall–Kier alpha value is -2.74. The number of furan rings is 1. The number of ether oxygens (including phenoxy) is 4. The average molecular weight is 407 g/mol. The van der Waals surface area contributed by atoms with Crippen LogP contribution in [0.3, 0.4) is 0 Å². The van der Waals surface area contributed by atoms with Crippen molar-refractivity contribution >= 4 is 15.9 Å². The first kappa shape index (κ1) is 17.1. The van der Waals surface area contributed by atoms with Gasteiger partial charge in [-0.05, 0) is 22.0 Å². The zero-order valence-electron chi connectivity index (χ0n) is 13.8. The third-order valence-corrected chi connectivity index (χ3v) is 3.92. The monoisotopic (exact) mass is 406 g/mol. The molecule has 0 N–H and O–H groups in total. The van der Waals surface area contributed by atoms with E-state index in [2.05, 4.69) is 25.9 Å². The summed E-state index contributed by atoms with van der Waals surface area (Å²) in [6.45, 7) is 0. The Kier molecular flexibility index (Phi) is 5.08. The summed E-state index contributed by atoms with van der Waals surface area (Å²) in [6, 6.07) is 6.84. The van der Waals surface area contributed by atoms with Crippen LogP contribution in [-0.4, -0.2) is 31.3 Å². The Labute approximate surface area is 152 Å². The van der Waals surface area contributed by atoms with Crippen molar-refractivity contribution in [2.45, 2.75) is 0 Å². The Balaban J connectivity index is 1.90. The van der Waals surface area contributed by atoms with Crippen molar-refractivity contribution in [1.29, 1.82) is 0 Å². The van der Waals surface area contributed by atoms with E-state index in [0.29, 0.717) is 40.4 Å². The van der Waals surface area contributed by atoms with E-state index >= 15 is 0 Å². The van der Waals surface area contributed by atoms with Crippen LogP contribution in [0.15, 0.2) is 45.7 Å². The first-order valence-corrected chi connectivity index (χ1v) is 7.99. The highest BCUT2D eigenvalue weighted by molar-refractivity contribution is 9.10. The summed E-state index contributed by atoms with van der Waals surface area (Å²) in [5.74, 6) is 2.80. The molecule has 3 rings (SSSR count). The van der Waals surface area contributed by atoms with Crippen molar-refractivity contribution in [2.75, 3.05) is 21.3 Å². The summed E-state index contributed by atoms with van der Waals surface area (Å²) < 4.78 is 28.1. The van der Waals surface area contributed by atoms with Gasteiger partial charge in [-0.2, -0.15) is 0 Å². The van der Waals surface area contributed by atoms with Gasteiger partial charge in [-0.1, -0.05) is 0 Å². The Morgan fingerprint density at radius 1 is 1.00 bits per heavy atom. The molecule has 0 saturated carbocycles. The van der Waals surface area contributed by atoms with Gasteiger partial charge in [-0.25, -0.2) is 9.97 Å². The fourth-order valence-electron chi connectivity index (χ4n) is 2.23. The molecular formula is C17H15BrN2O5. The molecule has 0 spiro atoms. The second kappa shape index (κ2) is 7.43. The molecule has 2 aromatic heterocycles. The first-order chi connectivity index (χ1) is 12.2. The van der Waals surface area contributed by atoms with E-state index < -0.39 is 0 Å². The Morgan fingerprint density at radius 3 is 2.32 bits per heavy atom. The maximum Gasteiger partial charge on any atom is 0.290 e. The van der Waals surface area contributed by atoms with E-state index in [1.807, 2.05) is 0 Å². The highest BCUT2D eigenvalue weighted by Crippen LogP contribution is 2.42. The number of halogens is 1. The van der Waals surface area contributed by atoms with E-state index in [9.17, 15) is 0 Å². The minimum absolute atomic E-state index is 0.301. The second-order valence-electron chi connectivity index (χ2n) is 4.80. The highest BCUT2D eigenvalue weighted by atomic mass is 79.9. The quantitative estimate of drug-likeness (QED) is 0.603. The Morgan fingerprint density at radius 2 is 1.72 bits per heavy atom. The highest BCUT2D eigenvalue weighted by Gasteiger charge is 2.16. The van der Waals surface area contributed by atoms with E-state index in [1.54, 1.807) is 51.8 Å². The van der Waals surface area contributed by atoms with Crippen molar-refractivity contribution in [3.8, 4) is 40.4 Å². The number of aromatic nitrogens is 2. The number of methoxy groups -OCH3 is 3. The SMILES string of the molecule is COc1cc(Oc2ccc(-c3ncncc3Br)o2)cc(OC)c1OC. The molecule has 2 heterocycles.